The van der Waals surface area contributed by atoms with E-state index in [4.69, 9.17) is 0 Å². The highest BCUT2D eigenvalue weighted by molar-refractivity contribution is 6.25. The summed E-state index contributed by atoms with van der Waals surface area (Å²) < 4.78 is 0. The van der Waals surface area contributed by atoms with E-state index in [-0.39, 0.29) is 24.7 Å². The Morgan fingerprint density at radius 2 is 1.21 bits per heavy atom. The smallest absolute Gasteiger partial charge is 0.184 e. The third kappa shape index (κ3) is 13.4. The van der Waals surface area contributed by atoms with Crippen LogP contribution in [0, 0.1) is 35.0 Å². The van der Waals surface area contributed by atoms with E-state index in [1.165, 1.54) is 0 Å². The molecule has 3 N–H and O–H groups in total. The maximum Gasteiger partial charge on any atom is 0.184 e. The molecule has 0 spiro atoms. The molecule has 0 aromatic carbocycles. The van der Waals surface area contributed by atoms with Crippen molar-refractivity contribution in [2.24, 2.45) is 35.0 Å². The quantitative estimate of drug-likeness (QED) is 0.0903. The molecule has 39 heavy (non-hydrogen) atoms. The van der Waals surface area contributed by atoms with Crippen molar-refractivity contribution < 1.29 is 29.7 Å². The van der Waals surface area contributed by atoms with Crippen molar-refractivity contribution in [3.63, 3.8) is 0 Å². The lowest BCUT2D eigenvalue weighted by Gasteiger charge is -2.36. The van der Waals surface area contributed by atoms with Crippen molar-refractivity contribution in [1.82, 2.24) is 0 Å². The summed E-state index contributed by atoms with van der Waals surface area (Å²) in [6.07, 6.45) is 6.30. The summed E-state index contributed by atoms with van der Waals surface area (Å²) in [5, 5.41) is 30.4. The molecule has 0 aliphatic carbocycles. The van der Waals surface area contributed by atoms with Crippen LogP contribution in [0.1, 0.15) is 139 Å². The molecule has 0 saturated heterocycles. The van der Waals surface area contributed by atoms with Crippen LogP contribution in [0.2, 0.25) is 0 Å². The summed E-state index contributed by atoms with van der Waals surface area (Å²) in [5.41, 5.74) is -2.01. The molecule has 0 aliphatic rings. The average Bonchev–Trinajstić information content (AvgIpc) is 2.88. The lowest BCUT2D eigenvalue weighted by molar-refractivity contribution is -0.160. The Morgan fingerprint density at radius 1 is 0.667 bits per heavy atom. The zero-order valence-electron chi connectivity index (χ0n) is 26.5. The van der Waals surface area contributed by atoms with Crippen LogP contribution in [0.15, 0.2) is 0 Å². The highest BCUT2D eigenvalue weighted by Crippen LogP contribution is 2.39. The molecule has 0 bridgehead atoms. The number of hydrogen-bond donors (Lipinski definition) is 3. The van der Waals surface area contributed by atoms with Gasteiger partial charge < -0.3 is 15.3 Å². The van der Waals surface area contributed by atoms with Gasteiger partial charge >= 0.3 is 0 Å². The topological polar surface area (TPSA) is 112 Å². The molecule has 6 unspecified atom stereocenters. The van der Waals surface area contributed by atoms with Gasteiger partial charge in [-0.05, 0) is 42.9 Å². The largest absolute Gasteiger partial charge is 0.394 e. The number of ketones is 3. The molecular weight excluding hydrogens is 492 g/mol. The monoisotopic (exact) mass is 554 g/mol. The van der Waals surface area contributed by atoms with E-state index in [0.717, 1.165) is 57.8 Å². The fourth-order valence-corrected chi connectivity index (χ4v) is 5.60. The van der Waals surface area contributed by atoms with Gasteiger partial charge in [0.15, 0.2) is 17.3 Å². The molecule has 0 heterocycles. The molecule has 6 heteroatoms. The summed E-state index contributed by atoms with van der Waals surface area (Å²) in [4.78, 5) is 42.3. The third-order valence-electron chi connectivity index (χ3n) is 8.30. The van der Waals surface area contributed by atoms with Crippen molar-refractivity contribution in [1.29, 1.82) is 0 Å². The molecule has 0 aliphatic heterocycles. The first-order valence-corrected chi connectivity index (χ1v) is 15.8. The van der Waals surface area contributed by atoms with Gasteiger partial charge in [-0.15, -0.1) is 0 Å². The first kappa shape index (κ1) is 37.9. The molecule has 0 aromatic heterocycles. The Bertz CT molecular complexity index is 702. The molecule has 0 rings (SSSR count). The van der Waals surface area contributed by atoms with E-state index in [9.17, 15) is 29.7 Å². The van der Waals surface area contributed by atoms with Crippen LogP contribution in [0.25, 0.3) is 0 Å². The van der Waals surface area contributed by atoms with Gasteiger partial charge in [-0.25, -0.2) is 0 Å². The minimum Gasteiger partial charge on any atom is -0.394 e. The van der Waals surface area contributed by atoms with Crippen molar-refractivity contribution in [3.8, 4) is 0 Å². The fraction of sp³-hybridized carbons (Fsp3) is 0.909. The lowest BCUT2D eigenvalue weighted by Crippen LogP contribution is -2.56. The average molecular weight is 555 g/mol. The Labute approximate surface area is 239 Å². The Morgan fingerprint density at radius 3 is 1.72 bits per heavy atom. The van der Waals surface area contributed by atoms with Gasteiger partial charge in [-0.2, -0.15) is 0 Å². The van der Waals surface area contributed by atoms with E-state index in [1.54, 1.807) is 6.92 Å². The zero-order valence-corrected chi connectivity index (χ0v) is 26.5. The van der Waals surface area contributed by atoms with Crippen molar-refractivity contribution in [2.45, 2.75) is 151 Å². The van der Waals surface area contributed by atoms with Crippen LogP contribution in [-0.4, -0.2) is 51.5 Å². The van der Waals surface area contributed by atoms with Crippen molar-refractivity contribution in [3.05, 3.63) is 0 Å². The standard InChI is InChI=1S/C33H62O6/c1-9-10-11-16-25(6)19-20-29(36)33(32(39)30(37)28(35)22-34,21-26(7)17-12-14-23(2)3)31(38)27(8)18-13-15-24(4)5/h23-28,30,34-35,37H,9-22H2,1-8H3. The van der Waals surface area contributed by atoms with Gasteiger partial charge in [0, 0.05) is 12.3 Å². The molecule has 6 atom stereocenters. The predicted molar refractivity (Wildman–Crippen MR) is 159 cm³/mol. The zero-order chi connectivity index (χ0) is 30.2. The van der Waals surface area contributed by atoms with Crippen LogP contribution in [-0.2, 0) is 14.4 Å². The highest BCUT2D eigenvalue weighted by atomic mass is 16.4. The van der Waals surface area contributed by atoms with Crippen LogP contribution < -0.4 is 0 Å². The number of aliphatic hydroxyl groups is 3. The van der Waals surface area contributed by atoms with Gasteiger partial charge in [0.05, 0.1) is 6.61 Å². The van der Waals surface area contributed by atoms with Crippen LogP contribution in [0.5, 0.6) is 0 Å². The van der Waals surface area contributed by atoms with Crippen LogP contribution in [0.4, 0.5) is 0 Å². The van der Waals surface area contributed by atoms with Gasteiger partial charge in [0.2, 0.25) is 0 Å². The minimum absolute atomic E-state index is 0.0372. The normalized spacial score (nSPS) is 17.5. The number of rotatable bonds is 24. The van der Waals surface area contributed by atoms with E-state index < -0.39 is 47.5 Å². The number of aliphatic hydroxyl groups excluding tert-OH is 3. The van der Waals surface area contributed by atoms with Crippen molar-refractivity contribution >= 4 is 17.3 Å². The van der Waals surface area contributed by atoms with E-state index in [0.29, 0.717) is 24.7 Å². The first-order valence-electron chi connectivity index (χ1n) is 15.8. The Balaban J connectivity index is 6.33. The molecule has 0 fully saturated rings. The summed E-state index contributed by atoms with van der Waals surface area (Å²) >= 11 is 0. The van der Waals surface area contributed by atoms with Crippen LogP contribution in [0.3, 0.4) is 0 Å². The van der Waals surface area contributed by atoms with Gasteiger partial charge in [-0.1, -0.05) is 113 Å². The fourth-order valence-electron chi connectivity index (χ4n) is 5.60. The lowest BCUT2D eigenvalue weighted by atomic mass is 9.63. The Hall–Kier alpha value is -1.11. The molecule has 6 nitrogen and oxygen atoms in total. The number of hydrogen-bond acceptors (Lipinski definition) is 6. The maximum atomic E-state index is 14.2. The first-order chi connectivity index (χ1) is 18.2. The van der Waals surface area contributed by atoms with Gasteiger partial charge in [-0.3, -0.25) is 14.4 Å². The number of carbonyl (C=O) groups is 3. The summed E-state index contributed by atoms with van der Waals surface area (Å²) in [5.74, 6) is -1.13. The second-order valence-corrected chi connectivity index (χ2v) is 13.3. The summed E-state index contributed by atoms with van der Waals surface area (Å²) in [7, 11) is 0. The van der Waals surface area contributed by atoms with Gasteiger partial charge in [0.1, 0.15) is 17.6 Å². The molecule has 0 radical (unpaired) electrons. The Kier molecular flexibility index (Phi) is 19.3. The van der Waals surface area contributed by atoms with Crippen molar-refractivity contribution in [2.75, 3.05) is 6.61 Å². The van der Waals surface area contributed by atoms with Gasteiger partial charge in [0.25, 0.3) is 0 Å². The molecule has 0 aromatic rings. The molecule has 0 saturated carbocycles. The summed E-state index contributed by atoms with van der Waals surface area (Å²) in [6, 6.07) is 0. The van der Waals surface area contributed by atoms with E-state index in [1.807, 2.05) is 6.92 Å². The number of unbranched alkanes of at least 4 members (excludes halogenated alkanes) is 2. The second kappa shape index (κ2) is 19.9. The number of Topliss-reactive ketones (excluding diaryl/α,β-unsaturated/α-hetero) is 3. The summed E-state index contributed by atoms with van der Waals surface area (Å²) in [6.45, 7) is 15.7. The minimum atomic E-state index is -2.01. The second-order valence-electron chi connectivity index (χ2n) is 13.3. The van der Waals surface area contributed by atoms with E-state index in [2.05, 4.69) is 41.5 Å². The van der Waals surface area contributed by atoms with E-state index >= 15 is 0 Å². The maximum absolute atomic E-state index is 14.2. The molecular formula is C33H62O6. The molecule has 230 valence electrons. The number of carbonyl (C=O) groups excluding carboxylic acids is 3. The predicted octanol–water partition coefficient (Wildman–Crippen LogP) is 6.71. The molecule has 0 amide bonds. The van der Waals surface area contributed by atoms with Crippen LogP contribution >= 0.6 is 0 Å². The third-order valence-corrected chi connectivity index (χ3v) is 8.30. The SMILES string of the molecule is CCCCCC(C)CCC(=O)C(CC(C)CCCC(C)C)(C(=O)C(C)CCCC(C)C)C(=O)C(O)C(O)CO. The highest BCUT2D eigenvalue weighted by Gasteiger charge is 2.55.